The fourth-order valence-electron chi connectivity index (χ4n) is 3.13. The standard InChI is InChI=1S/C15H23N5O2.2ClH/c1-20(2)15-18-11-6-4-3-5-10(11)13(19-15)17-9-7-12(14(21)22)16-8-9;;/h9,12,16H,3-8H2,1-2H3,(H,21,22)(H,17,18,19);2*1H/t9-,12-;;/m0../s1. The summed E-state index contributed by atoms with van der Waals surface area (Å²) in [6, 6.07) is -0.375. The molecule has 0 unspecified atom stereocenters. The summed E-state index contributed by atoms with van der Waals surface area (Å²) in [5, 5.41) is 15.6. The van der Waals surface area contributed by atoms with Gasteiger partial charge in [-0.05, 0) is 32.1 Å². The van der Waals surface area contributed by atoms with Gasteiger partial charge >= 0.3 is 5.97 Å². The van der Waals surface area contributed by atoms with E-state index in [1.165, 1.54) is 12.0 Å². The Balaban J connectivity index is 0.00000144. The van der Waals surface area contributed by atoms with Crippen LogP contribution in [0.1, 0.15) is 30.5 Å². The van der Waals surface area contributed by atoms with Gasteiger partial charge in [0.2, 0.25) is 5.95 Å². The third kappa shape index (κ3) is 4.40. The second-order valence-corrected chi connectivity index (χ2v) is 6.28. The van der Waals surface area contributed by atoms with Crippen molar-refractivity contribution in [1.29, 1.82) is 0 Å². The van der Waals surface area contributed by atoms with Crippen LogP contribution in [0.4, 0.5) is 11.8 Å². The second-order valence-electron chi connectivity index (χ2n) is 6.28. The van der Waals surface area contributed by atoms with Crippen LogP contribution in [0.2, 0.25) is 0 Å². The summed E-state index contributed by atoms with van der Waals surface area (Å²) in [5.41, 5.74) is 2.34. The second kappa shape index (κ2) is 8.69. The van der Waals surface area contributed by atoms with Crippen LogP contribution in [0.3, 0.4) is 0 Å². The largest absolute Gasteiger partial charge is 0.480 e. The van der Waals surface area contributed by atoms with Gasteiger partial charge in [0.25, 0.3) is 0 Å². The Morgan fingerprint density at radius 1 is 1.25 bits per heavy atom. The highest BCUT2D eigenvalue weighted by Crippen LogP contribution is 2.28. The molecule has 0 radical (unpaired) electrons. The number of anilines is 2. The van der Waals surface area contributed by atoms with E-state index in [9.17, 15) is 4.79 Å². The maximum atomic E-state index is 11.1. The molecule has 2 atom stereocenters. The number of aliphatic carboxylic acids is 1. The summed E-state index contributed by atoms with van der Waals surface area (Å²) < 4.78 is 0. The van der Waals surface area contributed by atoms with E-state index in [1.807, 2.05) is 19.0 Å². The van der Waals surface area contributed by atoms with E-state index in [-0.39, 0.29) is 30.9 Å². The van der Waals surface area contributed by atoms with E-state index in [0.29, 0.717) is 18.9 Å². The van der Waals surface area contributed by atoms with Crippen LogP contribution in [0.25, 0.3) is 0 Å². The summed E-state index contributed by atoms with van der Waals surface area (Å²) in [6.45, 7) is 0.646. The van der Waals surface area contributed by atoms with Crippen LogP contribution in [0, 0.1) is 0 Å². The minimum Gasteiger partial charge on any atom is -0.480 e. The van der Waals surface area contributed by atoms with E-state index in [1.54, 1.807) is 0 Å². The Labute approximate surface area is 154 Å². The topological polar surface area (TPSA) is 90.4 Å². The SMILES string of the molecule is CN(C)c1nc2c(c(N[C@@H]3CN[C@H](C(=O)O)C3)n1)CCCC2.Cl.Cl. The molecular formula is C15H25Cl2N5O2. The molecule has 1 fully saturated rings. The van der Waals surface area contributed by atoms with Gasteiger partial charge in [-0.3, -0.25) is 4.79 Å². The molecule has 1 aromatic rings. The highest BCUT2D eigenvalue weighted by atomic mass is 35.5. The molecule has 0 amide bonds. The van der Waals surface area contributed by atoms with Gasteiger partial charge in [0, 0.05) is 32.2 Å². The Morgan fingerprint density at radius 2 is 1.96 bits per heavy atom. The average molecular weight is 378 g/mol. The smallest absolute Gasteiger partial charge is 0.320 e. The fourth-order valence-corrected chi connectivity index (χ4v) is 3.13. The van der Waals surface area contributed by atoms with E-state index in [2.05, 4.69) is 20.6 Å². The zero-order valence-corrected chi connectivity index (χ0v) is 15.5. The molecule has 1 aliphatic heterocycles. The molecule has 2 aliphatic rings. The minimum absolute atomic E-state index is 0. The van der Waals surface area contributed by atoms with Gasteiger partial charge < -0.3 is 20.6 Å². The van der Waals surface area contributed by atoms with Gasteiger partial charge in [-0.25, -0.2) is 4.98 Å². The van der Waals surface area contributed by atoms with Gasteiger partial charge in [0.05, 0.1) is 5.69 Å². The number of hydrogen-bond acceptors (Lipinski definition) is 6. The van der Waals surface area contributed by atoms with Crippen molar-refractivity contribution < 1.29 is 9.90 Å². The maximum absolute atomic E-state index is 11.1. The summed E-state index contributed by atoms with van der Waals surface area (Å²) in [4.78, 5) is 22.3. The van der Waals surface area contributed by atoms with Crippen LogP contribution in [-0.4, -0.2) is 53.8 Å². The van der Waals surface area contributed by atoms with Crippen molar-refractivity contribution in [3.8, 4) is 0 Å². The summed E-state index contributed by atoms with van der Waals surface area (Å²) in [6.07, 6.45) is 4.89. The molecule has 2 heterocycles. The number of fused-ring (bicyclic) bond motifs is 1. The number of halogens is 2. The number of carbonyl (C=O) groups is 1. The van der Waals surface area contributed by atoms with Gasteiger partial charge in [0.1, 0.15) is 11.9 Å². The number of nitrogens with zero attached hydrogens (tertiary/aromatic N) is 3. The fraction of sp³-hybridized carbons (Fsp3) is 0.667. The molecule has 24 heavy (non-hydrogen) atoms. The lowest BCUT2D eigenvalue weighted by atomic mass is 9.96. The van der Waals surface area contributed by atoms with Crippen molar-refractivity contribution in [2.24, 2.45) is 0 Å². The first-order valence-electron chi connectivity index (χ1n) is 7.84. The Bertz CT molecular complexity index is 585. The average Bonchev–Trinajstić information content (AvgIpc) is 2.96. The predicted molar refractivity (Wildman–Crippen MR) is 99.0 cm³/mol. The molecule has 1 saturated heterocycles. The number of hydrogen-bond donors (Lipinski definition) is 3. The molecule has 0 saturated carbocycles. The normalized spacial score (nSPS) is 21.9. The molecule has 0 spiro atoms. The van der Waals surface area contributed by atoms with Crippen LogP contribution in [-0.2, 0) is 17.6 Å². The molecule has 0 aromatic carbocycles. The van der Waals surface area contributed by atoms with Gasteiger partial charge in [-0.1, -0.05) is 0 Å². The molecule has 7 nitrogen and oxygen atoms in total. The first-order valence-corrected chi connectivity index (χ1v) is 7.84. The molecule has 3 N–H and O–H groups in total. The summed E-state index contributed by atoms with van der Waals surface area (Å²) in [5.74, 6) is 0.804. The van der Waals surface area contributed by atoms with E-state index >= 15 is 0 Å². The maximum Gasteiger partial charge on any atom is 0.320 e. The van der Waals surface area contributed by atoms with Gasteiger partial charge in [0.15, 0.2) is 0 Å². The highest BCUT2D eigenvalue weighted by Gasteiger charge is 2.30. The molecule has 3 rings (SSSR count). The van der Waals surface area contributed by atoms with Crippen LogP contribution in [0.15, 0.2) is 0 Å². The summed E-state index contributed by atoms with van der Waals surface area (Å²) in [7, 11) is 3.87. The van der Waals surface area contributed by atoms with Crippen molar-refractivity contribution in [3.05, 3.63) is 11.3 Å². The number of nitrogens with one attached hydrogen (secondary N) is 2. The van der Waals surface area contributed by atoms with E-state index in [0.717, 1.165) is 30.8 Å². The quantitative estimate of drug-likeness (QED) is 0.731. The number of carboxylic acids is 1. The lowest BCUT2D eigenvalue weighted by Crippen LogP contribution is -2.30. The van der Waals surface area contributed by atoms with Crippen molar-refractivity contribution in [3.63, 3.8) is 0 Å². The number of carboxylic acid groups (broad SMARTS) is 1. The summed E-state index contributed by atoms with van der Waals surface area (Å²) >= 11 is 0. The zero-order valence-electron chi connectivity index (χ0n) is 13.9. The number of aryl methyl sites for hydroxylation is 1. The molecule has 9 heteroatoms. The van der Waals surface area contributed by atoms with Crippen molar-refractivity contribution >= 4 is 42.5 Å². The zero-order chi connectivity index (χ0) is 15.7. The Morgan fingerprint density at radius 3 is 2.58 bits per heavy atom. The predicted octanol–water partition coefficient (Wildman–Crippen LogP) is 1.49. The van der Waals surface area contributed by atoms with Crippen LogP contribution >= 0.6 is 24.8 Å². The van der Waals surface area contributed by atoms with E-state index < -0.39 is 12.0 Å². The molecular weight excluding hydrogens is 353 g/mol. The van der Waals surface area contributed by atoms with Crippen LogP contribution < -0.4 is 15.5 Å². The first kappa shape index (κ1) is 20.7. The molecule has 1 aromatic heterocycles. The first-order chi connectivity index (χ1) is 10.5. The van der Waals surface area contributed by atoms with Gasteiger partial charge in [-0.2, -0.15) is 4.98 Å². The minimum atomic E-state index is -0.789. The number of aromatic nitrogens is 2. The number of rotatable bonds is 4. The van der Waals surface area contributed by atoms with Crippen molar-refractivity contribution in [1.82, 2.24) is 15.3 Å². The highest BCUT2D eigenvalue weighted by molar-refractivity contribution is 5.85. The Kier molecular flexibility index (Phi) is 7.51. The lowest BCUT2D eigenvalue weighted by molar-refractivity contribution is -0.139. The lowest BCUT2D eigenvalue weighted by Gasteiger charge is -2.23. The molecule has 1 aliphatic carbocycles. The monoisotopic (exact) mass is 377 g/mol. The van der Waals surface area contributed by atoms with Gasteiger partial charge in [-0.15, -0.1) is 24.8 Å². The van der Waals surface area contributed by atoms with Crippen LogP contribution in [0.5, 0.6) is 0 Å². The van der Waals surface area contributed by atoms with Crippen molar-refractivity contribution in [2.75, 3.05) is 30.9 Å². The Hall–Kier alpha value is -1.31. The third-order valence-corrected chi connectivity index (χ3v) is 4.34. The molecule has 0 bridgehead atoms. The molecule has 136 valence electrons. The van der Waals surface area contributed by atoms with Crippen molar-refractivity contribution in [2.45, 2.75) is 44.2 Å². The third-order valence-electron chi connectivity index (χ3n) is 4.34. The van der Waals surface area contributed by atoms with E-state index in [4.69, 9.17) is 5.11 Å².